The molecule has 0 bridgehead atoms. The molecule has 0 saturated heterocycles. The Morgan fingerprint density at radius 2 is 1.04 bits per heavy atom. The number of hydrogen-bond donors (Lipinski definition) is 1. The van der Waals surface area contributed by atoms with Gasteiger partial charge in [0.05, 0.1) is 34.0 Å². The van der Waals surface area contributed by atoms with E-state index >= 15 is 0 Å². The van der Waals surface area contributed by atoms with Gasteiger partial charge in [-0.2, -0.15) is 0 Å². The molecule has 2 unspecified atom stereocenters. The molecule has 0 radical (unpaired) electrons. The quantitative estimate of drug-likeness (QED) is 0.0164. The largest absolute Gasteiger partial charge is 0.492 e. The van der Waals surface area contributed by atoms with Crippen molar-refractivity contribution in [3.63, 3.8) is 0 Å². The minimum absolute atomic E-state index is 0.0749. The van der Waals surface area contributed by atoms with Crippen LogP contribution in [0.25, 0.3) is 0 Å². The third kappa shape index (κ3) is 44.5. The van der Waals surface area contributed by atoms with E-state index in [1.807, 2.05) is 39.4 Å². The van der Waals surface area contributed by atoms with Crippen LogP contribution in [0.5, 0.6) is 0 Å². The third-order valence-corrected chi connectivity index (χ3v) is 10.1. The summed E-state index contributed by atoms with van der Waals surface area (Å²) >= 11 is 0. The standard InChI is InChI=1S/C48H84NO7P/c1-6-8-10-12-14-16-18-20-22-24-25-26-27-29-31-33-35-37-39-41-48(50)54-45-47(46-56-57(51,52)55-44-42-49(3,4)5)53-43-40-38-36-34-32-30-28-23-21-19-17-15-13-11-9-7-2/h8,10,14,16,20,22,25-26,29,31,35,37,40,43,47H,6-7,9,11-13,15,17-19,21,23-24,27-28,30,32-34,36,38-39,41-42,44-46H2,1-5H3/p+1/b10-8-,16-14-,22-20-,26-25-,31-29-,37-35-,43-40-. The second-order valence-electron chi connectivity index (χ2n) is 15.8. The molecule has 0 rings (SSSR count). The maximum Gasteiger partial charge on any atom is 0.472 e. The number of ether oxygens (including phenoxy) is 2. The average Bonchev–Trinajstić information content (AvgIpc) is 3.17. The summed E-state index contributed by atoms with van der Waals surface area (Å²) < 4.78 is 34.7. The normalized spacial score (nSPS) is 14.5. The number of hydrogen-bond acceptors (Lipinski definition) is 6. The van der Waals surface area contributed by atoms with Gasteiger partial charge >= 0.3 is 13.8 Å². The first-order valence-corrected chi connectivity index (χ1v) is 23.9. The molecule has 0 aliphatic rings. The van der Waals surface area contributed by atoms with Crippen LogP contribution in [0.4, 0.5) is 0 Å². The topological polar surface area (TPSA) is 91.3 Å². The van der Waals surface area contributed by atoms with Crippen LogP contribution in [0, 0.1) is 0 Å². The molecule has 1 N–H and O–H groups in total. The Kier molecular flexibility index (Phi) is 38.6. The number of carbonyl (C=O) groups excluding carboxylic acids is 1. The molecule has 2 atom stereocenters. The Hall–Kier alpha value is -2.48. The number of likely N-dealkylation sites (N-methyl/N-ethyl adjacent to an activating group) is 1. The van der Waals surface area contributed by atoms with Crippen molar-refractivity contribution >= 4 is 13.8 Å². The lowest BCUT2D eigenvalue weighted by molar-refractivity contribution is -0.870. The number of unbranched alkanes of at least 4 members (excludes halogenated alkanes) is 14. The molecule has 0 aromatic heterocycles. The van der Waals surface area contributed by atoms with E-state index in [0.717, 1.165) is 51.4 Å². The lowest BCUT2D eigenvalue weighted by Crippen LogP contribution is -2.37. The number of esters is 1. The van der Waals surface area contributed by atoms with Crippen LogP contribution in [-0.4, -0.2) is 69.0 Å². The molecular formula is C48H85NO7P+. The van der Waals surface area contributed by atoms with Crippen LogP contribution in [0.3, 0.4) is 0 Å². The van der Waals surface area contributed by atoms with Gasteiger partial charge in [0, 0.05) is 6.42 Å². The summed E-state index contributed by atoms with van der Waals surface area (Å²) in [4.78, 5) is 22.7. The first-order chi connectivity index (χ1) is 27.6. The Bertz CT molecular complexity index is 1180. The van der Waals surface area contributed by atoms with Crippen molar-refractivity contribution in [1.82, 2.24) is 0 Å². The molecule has 0 aromatic rings. The Labute approximate surface area is 350 Å². The van der Waals surface area contributed by atoms with E-state index < -0.39 is 13.9 Å². The van der Waals surface area contributed by atoms with Crippen molar-refractivity contribution in [2.45, 2.75) is 168 Å². The highest BCUT2D eigenvalue weighted by Gasteiger charge is 2.25. The van der Waals surface area contributed by atoms with Gasteiger partial charge in [-0.1, -0.05) is 170 Å². The summed E-state index contributed by atoms with van der Waals surface area (Å²) in [6, 6.07) is 0. The molecular weight excluding hydrogens is 734 g/mol. The van der Waals surface area contributed by atoms with Gasteiger partial charge in [-0.25, -0.2) is 4.57 Å². The van der Waals surface area contributed by atoms with Crippen LogP contribution in [0.2, 0.25) is 0 Å². The lowest BCUT2D eigenvalue weighted by atomic mass is 10.0. The van der Waals surface area contributed by atoms with E-state index in [1.165, 1.54) is 83.5 Å². The summed E-state index contributed by atoms with van der Waals surface area (Å²) in [7, 11) is 1.62. The van der Waals surface area contributed by atoms with E-state index in [9.17, 15) is 14.3 Å². The van der Waals surface area contributed by atoms with Gasteiger partial charge in [0.25, 0.3) is 0 Å². The Balaban J connectivity index is 4.41. The van der Waals surface area contributed by atoms with Crippen molar-refractivity contribution in [2.24, 2.45) is 0 Å². The minimum atomic E-state index is -4.29. The highest BCUT2D eigenvalue weighted by Crippen LogP contribution is 2.43. The van der Waals surface area contributed by atoms with Crippen LogP contribution < -0.4 is 0 Å². The molecule has 0 heterocycles. The molecule has 57 heavy (non-hydrogen) atoms. The van der Waals surface area contributed by atoms with Crippen LogP contribution in [0.1, 0.15) is 162 Å². The van der Waals surface area contributed by atoms with Crippen molar-refractivity contribution in [3.05, 3.63) is 85.3 Å². The fourth-order valence-electron chi connectivity index (χ4n) is 5.56. The highest BCUT2D eigenvalue weighted by atomic mass is 31.2. The summed E-state index contributed by atoms with van der Waals surface area (Å²) in [6.07, 6.45) is 54.5. The van der Waals surface area contributed by atoms with E-state index in [2.05, 4.69) is 74.6 Å². The maximum atomic E-state index is 12.5. The van der Waals surface area contributed by atoms with Crippen LogP contribution in [0.15, 0.2) is 85.3 Å². The van der Waals surface area contributed by atoms with Gasteiger partial charge in [-0.05, 0) is 63.9 Å². The van der Waals surface area contributed by atoms with Crippen molar-refractivity contribution in [2.75, 3.05) is 47.5 Å². The Morgan fingerprint density at radius 3 is 1.51 bits per heavy atom. The minimum Gasteiger partial charge on any atom is -0.492 e. The van der Waals surface area contributed by atoms with Crippen molar-refractivity contribution < 1.29 is 37.3 Å². The van der Waals surface area contributed by atoms with Crippen molar-refractivity contribution in [3.8, 4) is 0 Å². The molecule has 0 spiro atoms. The molecule has 8 nitrogen and oxygen atoms in total. The predicted octanol–water partition coefficient (Wildman–Crippen LogP) is 13.6. The van der Waals surface area contributed by atoms with Gasteiger partial charge in [0.15, 0.2) is 6.10 Å². The van der Waals surface area contributed by atoms with E-state index in [1.54, 1.807) is 6.26 Å². The zero-order chi connectivity index (χ0) is 42.0. The number of rotatable bonds is 40. The van der Waals surface area contributed by atoms with E-state index in [0.29, 0.717) is 17.4 Å². The zero-order valence-corrected chi connectivity index (χ0v) is 37.9. The number of nitrogens with zero attached hydrogens (tertiary/aromatic N) is 1. The SMILES string of the molecule is CC/C=C\C/C=C\C/C=C\C/C=C\C/C=C\C/C=C\CCC(=O)OCC(COP(=O)(O)OCC[N+](C)(C)C)O/C=C\CCCCCCCCCCCCCCCC. The third-order valence-electron chi connectivity index (χ3n) is 9.07. The zero-order valence-electron chi connectivity index (χ0n) is 37.0. The summed E-state index contributed by atoms with van der Waals surface area (Å²) in [5, 5.41) is 0. The molecule has 328 valence electrons. The second-order valence-corrected chi connectivity index (χ2v) is 17.2. The fraction of sp³-hybridized carbons (Fsp3) is 0.688. The van der Waals surface area contributed by atoms with Gasteiger partial charge in [0.2, 0.25) is 0 Å². The fourth-order valence-corrected chi connectivity index (χ4v) is 6.30. The summed E-state index contributed by atoms with van der Waals surface area (Å²) in [6.45, 7) is 4.70. The second kappa shape index (κ2) is 40.3. The van der Waals surface area contributed by atoms with E-state index in [4.69, 9.17) is 18.5 Å². The number of phosphoric acid groups is 1. The Morgan fingerprint density at radius 1 is 0.579 bits per heavy atom. The van der Waals surface area contributed by atoms with Gasteiger partial charge < -0.3 is 18.9 Å². The molecule has 0 aliphatic heterocycles. The van der Waals surface area contributed by atoms with Crippen molar-refractivity contribution in [1.29, 1.82) is 0 Å². The molecule has 0 saturated carbocycles. The summed E-state index contributed by atoms with van der Waals surface area (Å²) in [5.74, 6) is -0.360. The predicted molar refractivity (Wildman–Crippen MR) is 242 cm³/mol. The lowest BCUT2D eigenvalue weighted by Gasteiger charge is -2.24. The van der Waals surface area contributed by atoms with Gasteiger partial charge in [-0.3, -0.25) is 13.8 Å². The molecule has 0 amide bonds. The number of quaternary nitrogens is 1. The maximum absolute atomic E-state index is 12.5. The van der Waals surface area contributed by atoms with Crippen LogP contribution >= 0.6 is 7.82 Å². The monoisotopic (exact) mass is 819 g/mol. The number of carbonyl (C=O) groups is 1. The molecule has 0 aromatic carbocycles. The average molecular weight is 819 g/mol. The molecule has 0 aliphatic carbocycles. The molecule has 0 fully saturated rings. The number of allylic oxidation sites excluding steroid dienone is 13. The van der Waals surface area contributed by atoms with Crippen LogP contribution in [-0.2, 0) is 27.9 Å². The highest BCUT2D eigenvalue weighted by molar-refractivity contribution is 7.47. The first-order valence-electron chi connectivity index (χ1n) is 22.4. The van der Waals surface area contributed by atoms with Gasteiger partial charge in [-0.15, -0.1) is 0 Å². The summed E-state index contributed by atoms with van der Waals surface area (Å²) in [5.41, 5.74) is 0. The molecule has 9 heteroatoms. The smallest absolute Gasteiger partial charge is 0.472 e. The number of phosphoric ester groups is 1. The van der Waals surface area contributed by atoms with Gasteiger partial charge in [0.1, 0.15) is 19.8 Å². The first kappa shape index (κ1) is 54.5. The van der Waals surface area contributed by atoms with E-state index in [-0.39, 0.29) is 32.2 Å².